The summed E-state index contributed by atoms with van der Waals surface area (Å²) in [7, 11) is 0. The second-order valence-electron chi connectivity index (χ2n) is 4.48. The summed E-state index contributed by atoms with van der Waals surface area (Å²) in [6.45, 7) is 3.86. The van der Waals surface area contributed by atoms with Gasteiger partial charge in [0.15, 0.2) is 0 Å². The van der Waals surface area contributed by atoms with Crippen molar-refractivity contribution in [3.05, 3.63) is 54.3 Å². The monoisotopic (exact) mass is 261 g/mol. The van der Waals surface area contributed by atoms with Crippen LogP contribution in [0.25, 0.3) is 11.1 Å². The molecule has 0 N–H and O–H groups in total. The van der Waals surface area contributed by atoms with E-state index in [2.05, 4.69) is 6.92 Å². The normalized spacial score (nSPS) is 10.8. The van der Waals surface area contributed by atoms with Gasteiger partial charge in [-0.3, -0.25) is 0 Å². The Morgan fingerprint density at radius 2 is 1.78 bits per heavy atom. The largest absolute Gasteiger partial charge is 0.472 e. The van der Waals surface area contributed by atoms with E-state index in [4.69, 9.17) is 16.0 Å². The molecule has 0 aliphatic carbocycles. The van der Waals surface area contributed by atoms with Gasteiger partial charge in [0, 0.05) is 10.6 Å². The van der Waals surface area contributed by atoms with Crippen LogP contribution in [0.3, 0.4) is 0 Å². The van der Waals surface area contributed by atoms with Gasteiger partial charge in [-0.1, -0.05) is 49.9 Å². The van der Waals surface area contributed by atoms with Crippen molar-refractivity contribution in [1.82, 2.24) is 0 Å². The Hall–Kier alpha value is -1.21. The van der Waals surface area contributed by atoms with Gasteiger partial charge in [0.05, 0.1) is 12.5 Å². The van der Waals surface area contributed by atoms with Gasteiger partial charge in [-0.15, -0.1) is 0 Å². The molecule has 0 saturated heterocycles. The molecule has 2 aromatic rings. The molecule has 2 heteroatoms. The summed E-state index contributed by atoms with van der Waals surface area (Å²) in [5.74, 6) is 0. The summed E-state index contributed by atoms with van der Waals surface area (Å²) >= 11 is 5.90. The summed E-state index contributed by atoms with van der Waals surface area (Å²) in [6.07, 6.45) is 9.39. The molecule has 1 nitrogen and oxygen atoms in total. The predicted octanol–water partition coefficient (Wildman–Crippen LogP) is 5.54. The Balaban J connectivity index is 2.05. The minimum absolute atomic E-state index is 0.763. The molecule has 0 fully saturated rings. The molecule has 0 aliphatic rings. The maximum atomic E-state index is 5.90. The number of hydrogen-bond acceptors (Lipinski definition) is 1. The highest BCUT2D eigenvalue weighted by atomic mass is 35.5. The van der Waals surface area contributed by atoms with Crippen molar-refractivity contribution in [2.24, 2.45) is 0 Å². The van der Waals surface area contributed by atoms with Gasteiger partial charge in [-0.05, 0) is 36.1 Å². The minimum Gasteiger partial charge on any atom is -0.472 e. The maximum absolute atomic E-state index is 5.90. The summed E-state index contributed by atoms with van der Waals surface area (Å²) in [5, 5.41) is 0.763. The lowest BCUT2D eigenvalue weighted by molar-refractivity contribution is 0.562. The lowest BCUT2D eigenvalue weighted by Crippen LogP contribution is -1.86. The van der Waals surface area contributed by atoms with Crippen molar-refractivity contribution in [2.45, 2.75) is 32.1 Å². The molecular weight excluding hydrogens is 244 g/mol. The number of rotatable bonds is 6. The van der Waals surface area contributed by atoms with Crippen LogP contribution in [0.1, 0.15) is 31.2 Å². The molecule has 0 unspecified atom stereocenters. The molecule has 0 saturated carbocycles. The van der Waals surface area contributed by atoms with Crippen LogP contribution < -0.4 is 0 Å². The van der Waals surface area contributed by atoms with Crippen molar-refractivity contribution in [1.29, 1.82) is 0 Å². The van der Waals surface area contributed by atoms with Gasteiger partial charge in [-0.25, -0.2) is 0 Å². The van der Waals surface area contributed by atoms with Crippen LogP contribution in [-0.4, -0.2) is 0 Å². The number of furan rings is 1. The van der Waals surface area contributed by atoms with Gasteiger partial charge in [-0.2, -0.15) is 0 Å². The van der Waals surface area contributed by atoms with Gasteiger partial charge in [0.25, 0.3) is 0 Å². The third-order valence-corrected chi connectivity index (χ3v) is 3.35. The molecular formula is C16H18ClO. The summed E-state index contributed by atoms with van der Waals surface area (Å²) in [4.78, 5) is 0. The molecule has 18 heavy (non-hydrogen) atoms. The summed E-state index contributed by atoms with van der Waals surface area (Å²) in [5.41, 5.74) is 3.63. The van der Waals surface area contributed by atoms with Crippen LogP contribution in [-0.2, 0) is 6.42 Å². The van der Waals surface area contributed by atoms with E-state index in [1.54, 1.807) is 0 Å². The molecule has 0 spiro atoms. The summed E-state index contributed by atoms with van der Waals surface area (Å²) < 4.78 is 5.34. The van der Waals surface area contributed by atoms with E-state index in [0.717, 1.165) is 17.9 Å². The van der Waals surface area contributed by atoms with E-state index >= 15 is 0 Å². The quantitative estimate of drug-likeness (QED) is 0.623. The highest BCUT2D eigenvalue weighted by molar-refractivity contribution is 6.30. The van der Waals surface area contributed by atoms with Crippen LogP contribution in [0.2, 0.25) is 5.02 Å². The SMILES string of the molecule is [CH2]CCCCCc1cocc1-c1ccc(Cl)cc1. The van der Waals surface area contributed by atoms with Gasteiger partial charge < -0.3 is 4.42 Å². The van der Waals surface area contributed by atoms with E-state index in [1.165, 1.54) is 36.0 Å². The van der Waals surface area contributed by atoms with Crippen molar-refractivity contribution >= 4 is 11.6 Å². The number of aryl methyl sites for hydroxylation is 1. The van der Waals surface area contributed by atoms with Crippen LogP contribution in [0, 0.1) is 6.92 Å². The Morgan fingerprint density at radius 3 is 2.50 bits per heavy atom. The summed E-state index contributed by atoms with van der Waals surface area (Å²) in [6, 6.07) is 7.89. The maximum Gasteiger partial charge on any atom is 0.0983 e. The molecule has 1 aromatic carbocycles. The fourth-order valence-electron chi connectivity index (χ4n) is 2.07. The Bertz CT molecular complexity index is 470. The van der Waals surface area contributed by atoms with Gasteiger partial charge >= 0.3 is 0 Å². The van der Waals surface area contributed by atoms with Crippen LogP contribution in [0.4, 0.5) is 0 Å². The van der Waals surface area contributed by atoms with Crippen molar-refractivity contribution < 1.29 is 4.42 Å². The lowest BCUT2D eigenvalue weighted by Gasteiger charge is -2.03. The van der Waals surface area contributed by atoms with Crippen LogP contribution in [0.5, 0.6) is 0 Å². The van der Waals surface area contributed by atoms with Crippen LogP contribution in [0.15, 0.2) is 41.2 Å². The number of halogens is 1. The standard InChI is InChI=1S/C16H18ClO/c1-2-3-4-5-6-14-11-18-12-16(14)13-7-9-15(17)10-8-13/h7-12H,1-6H2. The Morgan fingerprint density at radius 1 is 1.00 bits per heavy atom. The van der Waals surface area contributed by atoms with E-state index in [0.29, 0.717) is 0 Å². The van der Waals surface area contributed by atoms with Crippen molar-refractivity contribution in [3.8, 4) is 11.1 Å². The average molecular weight is 262 g/mol. The molecule has 95 valence electrons. The van der Waals surface area contributed by atoms with E-state index in [1.807, 2.05) is 36.8 Å². The zero-order chi connectivity index (χ0) is 12.8. The lowest BCUT2D eigenvalue weighted by atomic mass is 10.0. The third kappa shape index (κ3) is 3.39. The molecule has 1 aromatic heterocycles. The number of benzene rings is 1. The fraction of sp³-hybridized carbons (Fsp3) is 0.312. The van der Waals surface area contributed by atoms with E-state index in [9.17, 15) is 0 Å². The van der Waals surface area contributed by atoms with Crippen molar-refractivity contribution in [2.75, 3.05) is 0 Å². The van der Waals surface area contributed by atoms with E-state index in [-0.39, 0.29) is 0 Å². The highest BCUT2D eigenvalue weighted by Crippen LogP contribution is 2.27. The second kappa shape index (κ2) is 6.65. The first kappa shape index (κ1) is 13.2. The first-order valence-electron chi connectivity index (χ1n) is 6.41. The molecule has 1 radical (unpaired) electrons. The molecule has 0 atom stereocenters. The molecule has 1 heterocycles. The smallest absolute Gasteiger partial charge is 0.0983 e. The molecule has 0 aliphatic heterocycles. The number of unbranched alkanes of at least 4 members (excludes halogenated alkanes) is 3. The predicted molar refractivity (Wildman–Crippen MR) is 76.7 cm³/mol. The fourth-order valence-corrected chi connectivity index (χ4v) is 2.19. The Labute approximate surface area is 114 Å². The highest BCUT2D eigenvalue weighted by Gasteiger charge is 2.07. The first-order valence-corrected chi connectivity index (χ1v) is 6.79. The molecule has 0 amide bonds. The zero-order valence-corrected chi connectivity index (χ0v) is 11.2. The van der Waals surface area contributed by atoms with E-state index < -0.39 is 0 Å². The molecule has 2 rings (SSSR count). The van der Waals surface area contributed by atoms with Crippen molar-refractivity contribution in [3.63, 3.8) is 0 Å². The third-order valence-electron chi connectivity index (χ3n) is 3.09. The second-order valence-corrected chi connectivity index (χ2v) is 4.92. The van der Waals surface area contributed by atoms with Gasteiger partial charge in [0.2, 0.25) is 0 Å². The Kier molecular flexibility index (Phi) is 4.89. The first-order chi connectivity index (χ1) is 8.81. The topological polar surface area (TPSA) is 13.1 Å². The minimum atomic E-state index is 0.763. The average Bonchev–Trinajstić information content (AvgIpc) is 2.84. The zero-order valence-electron chi connectivity index (χ0n) is 10.5. The number of hydrogen-bond donors (Lipinski definition) is 0. The van der Waals surface area contributed by atoms with Gasteiger partial charge in [0.1, 0.15) is 0 Å². The molecule has 0 bridgehead atoms. The van der Waals surface area contributed by atoms with Crippen LogP contribution >= 0.6 is 11.6 Å².